The summed E-state index contributed by atoms with van der Waals surface area (Å²) in [5, 5.41) is 10.9. The predicted octanol–water partition coefficient (Wildman–Crippen LogP) is 4.15. The molecule has 0 spiro atoms. The molecular formula is C12H8BrNO3. The van der Waals surface area contributed by atoms with Gasteiger partial charge in [-0.25, -0.2) is 0 Å². The van der Waals surface area contributed by atoms with Crippen LogP contribution in [0.25, 0.3) is 0 Å². The number of para-hydroxylation sites is 2. The maximum absolute atomic E-state index is 10.9. The molecule has 86 valence electrons. The van der Waals surface area contributed by atoms with Crippen LogP contribution in [0.15, 0.2) is 53.0 Å². The Labute approximate surface area is 106 Å². The molecule has 0 amide bonds. The molecule has 2 rings (SSSR count). The van der Waals surface area contributed by atoms with Crippen LogP contribution in [0.4, 0.5) is 5.69 Å². The zero-order valence-corrected chi connectivity index (χ0v) is 10.3. The smallest absolute Gasteiger partial charge is 0.325 e. The average molecular weight is 294 g/mol. The molecule has 0 unspecified atom stereocenters. The summed E-state index contributed by atoms with van der Waals surface area (Å²) in [7, 11) is 0. The van der Waals surface area contributed by atoms with Crippen molar-refractivity contribution in [3.05, 3.63) is 63.1 Å². The van der Waals surface area contributed by atoms with Crippen LogP contribution < -0.4 is 4.74 Å². The molecule has 17 heavy (non-hydrogen) atoms. The summed E-state index contributed by atoms with van der Waals surface area (Å²) in [6, 6.07) is 13.8. The van der Waals surface area contributed by atoms with E-state index < -0.39 is 4.92 Å². The molecule has 0 saturated heterocycles. The first kappa shape index (κ1) is 11.6. The number of nitro benzene ring substituents is 1. The molecule has 5 heteroatoms. The molecule has 0 heterocycles. The highest BCUT2D eigenvalue weighted by atomic mass is 79.9. The number of ether oxygens (including phenoxy) is 1. The molecule has 0 aliphatic rings. The number of nitrogens with zero attached hydrogens (tertiary/aromatic N) is 1. The highest BCUT2D eigenvalue weighted by Crippen LogP contribution is 2.36. The lowest BCUT2D eigenvalue weighted by Gasteiger charge is -2.06. The van der Waals surface area contributed by atoms with Crippen LogP contribution in [-0.2, 0) is 0 Å². The van der Waals surface area contributed by atoms with Gasteiger partial charge < -0.3 is 4.74 Å². The zero-order chi connectivity index (χ0) is 12.3. The molecule has 0 aliphatic heterocycles. The Kier molecular flexibility index (Phi) is 3.39. The summed E-state index contributed by atoms with van der Waals surface area (Å²) >= 11 is 3.14. The van der Waals surface area contributed by atoms with Crippen LogP contribution in [0.5, 0.6) is 11.5 Å². The topological polar surface area (TPSA) is 52.4 Å². The number of nitro groups is 1. The quantitative estimate of drug-likeness (QED) is 0.631. The van der Waals surface area contributed by atoms with E-state index in [0.29, 0.717) is 10.2 Å². The van der Waals surface area contributed by atoms with Crippen LogP contribution in [0.1, 0.15) is 0 Å². The number of rotatable bonds is 3. The van der Waals surface area contributed by atoms with Crippen molar-refractivity contribution in [3.8, 4) is 11.5 Å². The second-order valence-electron chi connectivity index (χ2n) is 3.26. The van der Waals surface area contributed by atoms with E-state index in [4.69, 9.17) is 4.74 Å². The largest absolute Gasteiger partial charge is 0.450 e. The molecule has 2 aromatic carbocycles. The number of hydrogen-bond donors (Lipinski definition) is 0. The summed E-state index contributed by atoms with van der Waals surface area (Å²) in [6.45, 7) is 0. The van der Waals surface area contributed by atoms with E-state index in [1.165, 1.54) is 0 Å². The van der Waals surface area contributed by atoms with Crippen LogP contribution in [0.3, 0.4) is 0 Å². The standard InChI is InChI=1S/C12H8BrNO3/c13-10-7-4-8-11(12(10)14(15)16)17-9-5-2-1-3-6-9/h1-8H. The van der Waals surface area contributed by atoms with Gasteiger partial charge in [-0.1, -0.05) is 24.3 Å². The van der Waals surface area contributed by atoms with Crippen LogP contribution in [0, 0.1) is 10.1 Å². The Hall–Kier alpha value is -1.88. The van der Waals surface area contributed by atoms with E-state index in [-0.39, 0.29) is 11.4 Å². The Bertz CT molecular complexity index is 543. The molecule has 4 nitrogen and oxygen atoms in total. The summed E-state index contributed by atoms with van der Waals surface area (Å²) in [5.41, 5.74) is -0.0728. The van der Waals surface area contributed by atoms with Gasteiger partial charge in [-0.3, -0.25) is 10.1 Å². The molecule has 0 atom stereocenters. The number of halogens is 1. The molecule has 0 aliphatic carbocycles. The van der Waals surface area contributed by atoms with Gasteiger partial charge in [-0.2, -0.15) is 0 Å². The van der Waals surface area contributed by atoms with Crippen molar-refractivity contribution in [1.82, 2.24) is 0 Å². The van der Waals surface area contributed by atoms with Crippen molar-refractivity contribution >= 4 is 21.6 Å². The van der Waals surface area contributed by atoms with Crippen LogP contribution in [0.2, 0.25) is 0 Å². The maximum atomic E-state index is 10.9. The van der Waals surface area contributed by atoms with E-state index in [1.54, 1.807) is 42.5 Å². The van der Waals surface area contributed by atoms with Gasteiger partial charge in [0.2, 0.25) is 5.75 Å². The summed E-state index contributed by atoms with van der Waals surface area (Å²) in [5.74, 6) is 0.782. The van der Waals surface area contributed by atoms with Crippen molar-refractivity contribution < 1.29 is 9.66 Å². The molecule has 0 saturated carbocycles. The first-order valence-corrected chi connectivity index (χ1v) is 5.63. The third-order valence-electron chi connectivity index (χ3n) is 2.10. The monoisotopic (exact) mass is 293 g/mol. The van der Waals surface area contributed by atoms with Crippen molar-refractivity contribution in [2.24, 2.45) is 0 Å². The Balaban J connectivity index is 2.40. The van der Waals surface area contributed by atoms with E-state index >= 15 is 0 Å². The predicted molar refractivity (Wildman–Crippen MR) is 67.3 cm³/mol. The van der Waals surface area contributed by atoms with E-state index in [1.807, 2.05) is 6.07 Å². The Morgan fingerprint density at radius 3 is 2.41 bits per heavy atom. The summed E-state index contributed by atoms with van der Waals surface area (Å²) in [4.78, 5) is 10.5. The van der Waals surface area contributed by atoms with Gasteiger partial charge in [0.25, 0.3) is 0 Å². The molecule has 0 fully saturated rings. The van der Waals surface area contributed by atoms with Gasteiger partial charge >= 0.3 is 5.69 Å². The fraction of sp³-hybridized carbons (Fsp3) is 0. The molecule has 0 aromatic heterocycles. The Morgan fingerprint density at radius 1 is 1.06 bits per heavy atom. The normalized spacial score (nSPS) is 9.94. The molecule has 0 N–H and O–H groups in total. The fourth-order valence-electron chi connectivity index (χ4n) is 1.37. The van der Waals surface area contributed by atoms with E-state index in [9.17, 15) is 10.1 Å². The van der Waals surface area contributed by atoms with Gasteiger partial charge in [0.1, 0.15) is 5.75 Å². The third kappa shape index (κ3) is 2.62. The fourth-order valence-corrected chi connectivity index (χ4v) is 1.86. The zero-order valence-electron chi connectivity index (χ0n) is 8.67. The van der Waals surface area contributed by atoms with Gasteiger partial charge in [0, 0.05) is 0 Å². The lowest BCUT2D eigenvalue weighted by Crippen LogP contribution is -1.94. The lowest BCUT2D eigenvalue weighted by atomic mass is 10.3. The summed E-state index contributed by atoms with van der Waals surface area (Å²) < 4.78 is 5.88. The second kappa shape index (κ2) is 4.97. The summed E-state index contributed by atoms with van der Waals surface area (Å²) in [6.07, 6.45) is 0. The van der Waals surface area contributed by atoms with E-state index in [0.717, 1.165) is 0 Å². The number of hydrogen-bond acceptors (Lipinski definition) is 3. The molecule has 2 aromatic rings. The van der Waals surface area contributed by atoms with Crippen molar-refractivity contribution in [3.63, 3.8) is 0 Å². The lowest BCUT2D eigenvalue weighted by molar-refractivity contribution is -0.386. The van der Waals surface area contributed by atoms with Crippen LogP contribution in [-0.4, -0.2) is 4.92 Å². The third-order valence-corrected chi connectivity index (χ3v) is 2.74. The average Bonchev–Trinajstić information content (AvgIpc) is 2.30. The first-order chi connectivity index (χ1) is 8.18. The van der Waals surface area contributed by atoms with Crippen molar-refractivity contribution in [1.29, 1.82) is 0 Å². The highest BCUT2D eigenvalue weighted by molar-refractivity contribution is 9.10. The minimum absolute atomic E-state index is 0.0728. The maximum Gasteiger partial charge on any atom is 0.325 e. The second-order valence-corrected chi connectivity index (χ2v) is 4.11. The van der Waals surface area contributed by atoms with Crippen molar-refractivity contribution in [2.75, 3.05) is 0 Å². The van der Waals surface area contributed by atoms with Gasteiger partial charge in [0.05, 0.1) is 9.40 Å². The van der Waals surface area contributed by atoms with Gasteiger partial charge in [0.15, 0.2) is 0 Å². The first-order valence-electron chi connectivity index (χ1n) is 4.84. The molecular weight excluding hydrogens is 286 g/mol. The number of benzene rings is 2. The molecule has 0 radical (unpaired) electrons. The van der Waals surface area contributed by atoms with Gasteiger partial charge in [-0.05, 0) is 40.2 Å². The van der Waals surface area contributed by atoms with Crippen LogP contribution >= 0.6 is 15.9 Å². The van der Waals surface area contributed by atoms with E-state index in [2.05, 4.69) is 15.9 Å². The molecule has 0 bridgehead atoms. The minimum Gasteiger partial charge on any atom is -0.450 e. The minimum atomic E-state index is -0.470. The van der Waals surface area contributed by atoms with Crippen molar-refractivity contribution in [2.45, 2.75) is 0 Å². The Morgan fingerprint density at radius 2 is 1.76 bits per heavy atom. The SMILES string of the molecule is O=[N+]([O-])c1c(Br)cccc1Oc1ccccc1. The van der Waals surface area contributed by atoms with Gasteiger partial charge in [-0.15, -0.1) is 0 Å². The highest BCUT2D eigenvalue weighted by Gasteiger charge is 2.19.